The molecule has 0 fully saturated rings. The van der Waals surface area contributed by atoms with Crippen LogP contribution < -0.4 is 4.90 Å². The molecule has 1 amide bonds. The molecule has 3 aromatic rings. The highest BCUT2D eigenvalue weighted by molar-refractivity contribution is 7.95. The number of esters is 1. The Labute approximate surface area is 210 Å². The maximum absolute atomic E-state index is 13.7. The fraction of sp³-hybridized carbons (Fsp3) is 0.214. The molecular formula is C28H27NO6S. The summed E-state index contributed by atoms with van der Waals surface area (Å²) in [6.07, 6.45) is 0. The topological polar surface area (TPSA) is 101 Å². The summed E-state index contributed by atoms with van der Waals surface area (Å²) in [4.78, 5) is 26.2. The number of hydrogen-bond donors (Lipinski definition) is 1. The fourth-order valence-corrected chi connectivity index (χ4v) is 5.83. The zero-order valence-corrected chi connectivity index (χ0v) is 21.0. The molecule has 4 rings (SSSR count). The van der Waals surface area contributed by atoms with Crippen molar-refractivity contribution >= 4 is 27.4 Å². The number of carbonyl (C=O) groups is 2. The van der Waals surface area contributed by atoms with Gasteiger partial charge in [0.1, 0.15) is 10.9 Å². The number of rotatable bonds is 7. The molecule has 0 bridgehead atoms. The lowest BCUT2D eigenvalue weighted by Gasteiger charge is -2.27. The fourth-order valence-electron chi connectivity index (χ4n) is 4.19. The number of hydrogen-bond acceptors (Lipinski definition) is 6. The second-order valence-electron chi connectivity index (χ2n) is 8.70. The summed E-state index contributed by atoms with van der Waals surface area (Å²) in [6, 6.07) is 20.0. The average molecular weight is 506 g/mol. The minimum absolute atomic E-state index is 0.0253. The molecule has 1 heterocycles. The van der Waals surface area contributed by atoms with E-state index in [0.29, 0.717) is 16.8 Å². The summed E-state index contributed by atoms with van der Waals surface area (Å²) >= 11 is 0. The number of anilines is 1. The molecule has 36 heavy (non-hydrogen) atoms. The molecule has 1 aliphatic heterocycles. The van der Waals surface area contributed by atoms with Gasteiger partial charge in [0, 0.05) is 5.69 Å². The Hall–Kier alpha value is -3.91. The third-order valence-electron chi connectivity index (χ3n) is 6.08. The first kappa shape index (κ1) is 25.2. The van der Waals surface area contributed by atoms with E-state index < -0.39 is 33.5 Å². The zero-order valence-electron chi connectivity index (χ0n) is 20.2. The van der Waals surface area contributed by atoms with Gasteiger partial charge in [-0.15, -0.1) is 0 Å². The highest BCUT2D eigenvalue weighted by atomic mass is 32.2. The van der Waals surface area contributed by atoms with Crippen molar-refractivity contribution in [3.8, 4) is 0 Å². The number of sulfone groups is 1. The monoisotopic (exact) mass is 505 g/mol. The van der Waals surface area contributed by atoms with E-state index in [4.69, 9.17) is 4.74 Å². The zero-order chi connectivity index (χ0) is 26.0. The van der Waals surface area contributed by atoms with Crippen molar-refractivity contribution in [1.29, 1.82) is 0 Å². The first-order valence-corrected chi connectivity index (χ1v) is 13.1. The van der Waals surface area contributed by atoms with Crippen LogP contribution in [-0.4, -0.2) is 32.0 Å². The van der Waals surface area contributed by atoms with Crippen molar-refractivity contribution in [2.75, 3.05) is 11.5 Å². The highest BCUT2D eigenvalue weighted by Gasteiger charge is 2.47. The lowest BCUT2D eigenvalue weighted by Crippen LogP contribution is -2.31. The third-order valence-corrected chi connectivity index (χ3v) is 7.97. The van der Waals surface area contributed by atoms with Crippen LogP contribution in [0, 0.1) is 0 Å². The van der Waals surface area contributed by atoms with Crippen molar-refractivity contribution in [1.82, 2.24) is 0 Å². The summed E-state index contributed by atoms with van der Waals surface area (Å²) in [7, 11) is -4.22. The number of aliphatic hydroxyl groups is 1. The quantitative estimate of drug-likeness (QED) is 0.436. The Kier molecular flexibility index (Phi) is 6.99. The van der Waals surface area contributed by atoms with Gasteiger partial charge >= 0.3 is 5.97 Å². The van der Waals surface area contributed by atoms with Gasteiger partial charge in [0.2, 0.25) is 9.84 Å². The van der Waals surface area contributed by atoms with Crippen LogP contribution in [0.25, 0.3) is 0 Å². The van der Waals surface area contributed by atoms with Crippen LogP contribution in [0.5, 0.6) is 0 Å². The molecule has 0 saturated heterocycles. The first-order valence-electron chi connectivity index (χ1n) is 11.6. The van der Waals surface area contributed by atoms with Gasteiger partial charge in [0.25, 0.3) is 5.91 Å². The molecule has 186 valence electrons. The summed E-state index contributed by atoms with van der Waals surface area (Å²) in [5.41, 5.74) is 2.20. The van der Waals surface area contributed by atoms with Gasteiger partial charge in [-0.25, -0.2) is 13.2 Å². The molecule has 1 atom stereocenters. The molecule has 0 radical (unpaired) electrons. The summed E-state index contributed by atoms with van der Waals surface area (Å²) in [5.74, 6) is -1.92. The van der Waals surface area contributed by atoms with Crippen LogP contribution in [0.4, 0.5) is 5.69 Å². The van der Waals surface area contributed by atoms with Crippen molar-refractivity contribution in [2.24, 2.45) is 0 Å². The van der Waals surface area contributed by atoms with Gasteiger partial charge in [-0.05, 0) is 60.4 Å². The Morgan fingerprint density at radius 1 is 0.972 bits per heavy atom. The van der Waals surface area contributed by atoms with Crippen LogP contribution in [0.1, 0.15) is 54.2 Å². The summed E-state index contributed by atoms with van der Waals surface area (Å²) in [5, 5.41) is 10.9. The molecule has 7 nitrogen and oxygen atoms in total. The van der Waals surface area contributed by atoms with E-state index >= 15 is 0 Å². The number of aliphatic hydroxyl groups excluding tert-OH is 1. The van der Waals surface area contributed by atoms with Crippen LogP contribution in [0.2, 0.25) is 0 Å². The third kappa shape index (κ3) is 4.52. The van der Waals surface area contributed by atoms with E-state index in [9.17, 15) is 23.1 Å². The highest BCUT2D eigenvalue weighted by Crippen LogP contribution is 2.45. The molecule has 0 saturated carbocycles. The van der Waals surface area contributed by atoms with Crippen molar-refractivity contribution in [3.05, 3.63) is 106 Å². The Morgan fingerprint density at radius 2 is 1.58 bits per heavy atom. The normalized spacial score (nSPS) is 16.1. The second kappa shape index (κ2) is 9.99. The number of ether oxygens (including phenoxy) is 1. The molecule has 8 heteroatoms. The van der Waals surface area contributed by atoms with E-state index in [1.165, 1.54) is 41.3 Å². The number of nitrogens with zero attached hydrogens (tertiary/aromatic N) is 1. The van der Waals surface area contributed by atoms with Gasteiger partial charge in [-0.2, -0.15) is 0 Å². The van der Waals surface area contributed by atoms with Gasteiger partial charge < -0.3 is 9.84 Å². The van der Waals surface area contributed by atoms with Crippen molar-refractivity contribution in [2.45, 2.75) is 37.6 Å². The van der Waals surface area contributed by atoms with E-state index in [0.717, 1.165) is 5.56 Å². The number of carbonyl (C=O) groups excluding carboxylic acids is 2. The van der Waals surface area contributed by atoms with Gasteiger partial charge in [-0.1, -0.05) is 56.3 Å². The largest absolute Gasteiger partial charge is 0.502 e. The van der Waals surface area contributed by atoms with Crippen molar-refractivity contribution < 1.29 is 27.9 Å². The predicted molar refractivity (Wildman–Crippen MR) is 136 cm³/mol. The van der Waals surface area contributed by atoms with Crippen LogP contribution in [0.3, 0.4) is 0 Å². The first-order chi connectivity index (χ1) is 17.2. The number of benzene rings is 3. The summed E-state index contributed by atoms with van der Waals surface area (Å²) < 4.78 is 32.4. The van der Waals surface area contributed by atoms with Crippen LogP contribution in [0.15, 0.2) is 94.4 Å². The average Bonchev–Trinajstić information content (AvgIpc) is 3.15. The molecule has 0 spiro atoms. The van der Waals surface area contributed by atoms with E-state index in [-0.39, 0.29) is 22.3 Å². The van der Waals surface area contributed by atoms with Crippen molar-refractivity contribution in [3.63, 3.8) is 0 Å². The number of amides is 1. The van der Waals surface area contributed by atoms with Crippen LogP contribution >= 0.6 is 0 Å². The van der Waals surface area contributed by atoms with E-state index in [2.05, 4.69) is 0 Å². The minimum Gasteiger partial charge on any atom is -0.502 e. The Morgan fingerprint density at radius 3 is 2.14 bits per heavy atom. The Balaban J connectivity index is 1.86. The molecule has 3 aromatic carbocycles. The molecule has 0 aliphatic carbocycles. The lowest BCUT2D eigenvalue weighted by atomic mass is 9.98. The molecule has 0 aromatic heterocycles. The smallest absolute Gasteiger partial charge is 0.338 e. The van der Waals surface area contributed by atoms with Gasteiger partial charge in [-0.3, -0.25) is 9.69 Å². The summed E-state index contributed by atoms with van der Waals surface area (Å²) in [6.45, 7) is 6.01. The molecular weight excluding hydrogens is 478 g/mol. The predicted octanol–water partition coefficient (Wildman–Crippen LogP) is 5.32. The minimum atomic E-state index is -4.22. The Bertz CT molecular complexity index is 1410. The molecule has 1 aliphatic rings. The van der Waals surface area contributed by atoms with Crippen LogP contribution in [-0.2, 0) is 19.4 Å². The van der Waals surface area contributed by atoms with Gasteiger partial charge in [0.05, 0.1) is 17.1 Å². The molecule has 0 unspecified atom stereocenters. The maximum Gasteiger partial charge on any atom is 0.338 e. The maximum atomic E-state index is 13.7. The molecule has 1 N–H and O–H groups in total. The SMILES string of the molecule is CCOC(=O)c1ccc(N2C(=O)C(O)=C(S(=O)(=O)c3ccccc3)[C@H]2c2ccc(C(C)C)cc2)cc1. The van der Waals surface area contributed by atoms with E-state index in [1.807, 2.05) is 26.0 Å². The van der Waals surface area contributed by atoms with Gasteiger partial charge in [0.15, 0.2) is 5.76 Å². The lowest BCUT2D eigenvalue weighted by molar-refractivity contribution is -0.117. The standard InChI is InChI=1S/C28H27NO6S/c1-4-35-28(32)21-14-16-22(17-15-21)29-24(20-12-10-19(11-13-20)18(2)3)26(25(30)27(29)31)36(33,34)23-8-6-5-7-9-23/h5-18,24,30H,4H2,1-3H3/t24-/m1/s1. The second-order valence-corrected chi connectivity index (χ2v) is 10.6. The van der Waals surface area contributed by atoms with E-state index in [1.54, 1.807) is 37.3 Å².